The van der Waals surface area contributed by atoms with Gasteiger partial charge in [0, 0.05) is 38.3 Å². The van der Waals surface area contributed by atoms with E-state index in [1.165, 1.54) is 0 Å². The summed E-state index contributed by atoms with van der Waals surface area (Å²) in [5.41, 5.74) is 3.39. The zero-order valence-electron chi connectivity index (χ0n) is 17.2. The smallest absolute Gasteiger partial charge is 0.251 e. The highest BCUT2D eigenvalue weighted by molar-refractivity contribution is 5.94. The molecule has 0 radical (unpaired) electrons. The maximum absolute atomic E-state index is 11.8. The van der Waals surface area contributed by atoms with Gasteiger partial charge in [-0.2, -0.15) is 0 Å². The van der Waals surface area contributed by atoms with Gasteiger partial charge in [0.1, 0.15) is 0 Å². The largest absolute Gasteiger partial charge is 0.357 e. The number of rotatable bonds is 8. The molecule has 0 atom stereocenters. The summed E-state index contributed by atoms with van der Waals surface area (Å²) in [6, 6.07) is 15.0. The first kappa shape index (κ1) is 21.9. The van der Waals surface area contributed by atoms with Crippen LogP contribution in [0.2, 0.25) is 0 Å². The molecule has 0 fully saturated rings. The molecule has 7 nitrogen and oxygen atoms in total. The molecule has 0 bridgehead atoms. The summed E-state index contributed by atoms with van der Waals surface area (Å²) in [6.45, 7) is 3.98. The summed E-state index contributed by atoms with van der Waals surface area (Å²) in [5.74, 6) is 0.540. The fourth-order valence-corrected chi connectivity index (χ4v) is 2.76. The number of nitrogens with one attached hydrogen (secondary N) is 4. The van der Waals surface area contributed by atoms with Crippen molar-refractivity contribution in [3.05, 3.63) is 70.8 Å². The van der Waals surface area contributed by atoms with Crippen LogP contribution in [0, 0.1) is 0 Å². The van der Waals surface area contributed by atoms with E-state index in [9.17, 15) is 9.59 Å². The van der Waals surface area contributed by atoms with Crippen LogP contribution in [0.4, 0.5) is 0 Å². The van der Waals surface area contributed by atoms with Crippen molar-refractivity contribution in [3.63, 3.8) is 0 Å². The van der Waals surface area contributed by atoms with Crippen molar-refractivity contribution in [2.24, 2.45) is 4.99 Å². The maximum atomic E-state index is 11.8. The molecular formula is C22H29N5O2. The van der Waals surface area contributed by atoms with Gasteiger partial charge in [-0.05, 0) is 48.7 Å². The Morgan fingerprint density at radius 1 is 0.862 bits per heavy atom. The van der Waals surface area contributed by atoms with E-state index in [0.717, 1.165) is 30.1 Å². The van der Waals surface area contributed by atoms with Crippen molar-refractivity contribution in [2.45, 2.75) is 19.9 Å². The van der Waals surface area contributed by atoms with Gasteiger partial charge in [0.15, 0.2) is 5.96 Å². The van der Waals surface area contributed by atoms with Crippen molar-refractivity contribution in [1.29, 1.82) is 0 Å². The second kappa shape index (κ2) is 11.5. The van der Waals surface area contributed by atoms with Crippen LogP contribution in [0.25, 0.3) is 0 Å². The highest BCUT2D eigenvalue weighted by Crippen LogP contribution is 2.07. The Hall–Kier alpha value is -3.35. The summed E-state index contributed by atoms with van der Waals surface area (Å²) in [7, 11) is 3.24. The number of carbonyl (C=O) groups excluding carboxylic acids is 2. The fourth-order valence-electron chi connectivity index (χ4n) is 2.76. The van der Waals surface area contributed by atoms with E-state index in [1.807, 2.05) is 37.3 Å². The summed E-state index contributed by atoms with van der Waals surface area (Å²) in [5, 5.41) is 11.8. The van der Waals surface area contributed by atoms with Crippen molar-refractivity contribution in [3.8, 4) is 0 Å². The van der Waals surface area contributed by atoms with Crippen LogP contribution in [-0.2, 0) is 13.0 Å². The molecule has 2 rings (SSSR count). The zero-order chi connectivity index (χ0) is 21.1. The van der Waals surface area contributed by atoms with E-state index < -0.39 is 0 Å². The molecule has 0 spiro atoms. The van der Waals surface area contributed by atoms with Gasteiger partial charge in [0.05, 0.1) is 6.54 Å². The van der Waals surface area contributed by atoms with Gasteiger partial charge in [-0.1, -0.05) is 24.3 Å². The fraction of sp³-hybridized carbons (Fsp3) is 0.318. The summed E-state index contributed by atoms with van der Waals surface area (Å²) in [6.07, 6.45) is 0.774. The number of benzene rings is 2. The molecule has 4 N–H and O–H groups in total. The first-order chi connectivity index (χ1) is 14.1. The van der Waals surface area contributed by atoms with Crippen LogP contribution in [-0.4, -0.2) is 45.0 Å². The molecule has 0 heterocycles. The number of aliphatic imine (C=N–C) groups is 1. The van der Waals surface area contributed by atoms with E-state index in [4.69, 9.17) is 0 Å². The Kier molecular flexibility index (Phi) is 8.69. The molecule has 154 valence electrons. The van der Waals surface area contributed by atoms with E-state index in [-0.39, 0.29) is 11.8 Å². The molecule has 0 aliphatic heterocycles. The van der Waals surface area contributed by atoms with Crippen LogP contribution in [0.1, 0.15) is 38.8 Å². The predicted molar refractivity (Wildman–Crippen MR) is 116 cm³/mol. The van der Waals surface area contributed by atoms with Gasteiger partial charge in [0.2, 0.25) is 0 Å². The van der Waals surface area contributed by atoms with Gasteiger partial charge in [-0.15, -0.1) is 0 Å². The van der Waals surface area contributed by atoms with E-state index >= 15 is 0 Å². The monoisotopic (exact) mass is 395 g/mol. The molecule has 0 aliphatic carbocycles. The number of carbonyl (C=O) groups is 2. The lowest BCUT2D eigenvalue weighted by atomic mass is 10.1. The van der Waals surface area contributed by atoms with Gasteiger partial charge in [0.25, 0.3) is 11.8 Å². The third kappa shape index (κ3) is 6.95. The van der Waals surface area contributed by atoms with Gasteiger partial charge in [-0.3, -0.25) is 9.59 Å². The molecule has 0 aliphatic rings. The first-order valence-corrected chi connectivity index (χ1v) is 9.71. The number of hydrogen-bond acceptors (Lipinski definition) is 3. The Morgan fingerprint density at radius 2 is 1.55 bits per heavy atom. The normalized spacial score (nSPS) is 10.9. The summed E-state index contributed by atoms with van der Waals surface area (Å²) in [4.78, 5) is 28.0. The van der Waals surface area contributed by atoms with Crippen molar-refractivity contribution in [1.82, 2.24) is 21.3 Å². The lowest BCUT2D eigenvalue weighted by Crippen LogP contribution is -2.38. The number of guanidine groups is 1. The van der Waals surface area contributed by atoms with E-state index in [1.54, 1.807) is 32.3 Å². The standard InChI is InChI=1S/C22H29N5O2/c1-4-25-22(27-15-17-8-10-18(11-9-17)20(28)23-2)26-13-12-16-6-5-7-19(14-16)21(29)24-3/h5-11,14H,4,12-13,15H2,1-3H3,(H,23,28)(H,24,29)(H2,25,26,27). The molecule has 0 aromatic heterocycles. The lowest BCUT2D eigenvalue weighted by molar-refractivity contribution is 0.0955. The van der Waals surface area contributed by atoms with Crippen LogP contribution < -0.4 is 21.3 Å². The zero-order valence-corrected chi connectivity index (χ0v) is 17.2. The minimum Gasteiger partial charge on any atom is -0.357 e. The second-order valence-corrected chi connectivity index (χ2v) is 6.43. The number of nitrogens with zero attached hydrogens (tertiary/aromatic N) is 1. The topological polar surface area (TPSA) is 94.6 Å². The minimum absolute atomic E-state index is 0.0860. The molecule has 0 unspecified atom stereocenters. The molecule has 2 amide bonds. The highest BCUT2D eigenvalue weighted by Gasteiger charge is 2.05. The van der Waals surface area contributed by atoms with Crippen molar-refractivity contribution in [2.75, 3.05) is 27.2 Å². The lowest BCUT2D eigenvalue weighted by Gasteiger charge is -2.12. The second-order valence-electron chi connectivity index (χ2n) is 6.43. The highest BCUT2D eigenvalue weighted by atomic mass is 16.2. The van der Waals surface area contributed by atoms with Crippen LogP contribution in [0.15, 0.2) is 53.5 Å². The molecule has 29 heavy (non-hydrogen) atoms. The first-order valence-electron chi connectivity index (χ1n) is 9.71. The summed E-state index contributed by atoms with van der Waals surface area (Å²) < 4.78 is 0. The summed E-state index contributed by atoms with van der Waals surface area (Å²) >= 11 is 0. The average molecular weight is 396 g/mol. The maximum Gasteiger partial charge on any atom is 0.251 e. The SMILES string of the molecule is CCNC(=NCc1ccc(C(=O)NC)cc1)NCCc1cccc(C(=O)NC)c1. The Labute approximate surface area is 172 Å². The molecule has 0 saturated carbocycles. The number of hydrogen-bond donors (Lipinski definition) is 4. The van der Waals surface area contributed by atoms with Gasteiger partial charge in [-0.25, -0.2) is 4.99 Å². The van der Waals surface area contributed by atoms with E-state index in [2.05, 4.69) is 26.3 Å². The average Bonchev–Trinajstić information content (AvgIpc) is 2.77. The van der Waals surface area contributed by atoms with Gasteiger partial charge < -0.3 is 21.3 Å². The molecule has 0 saturated heterocycles. The molecule has 7 heteroatoms. The third-order valence-electron chi connectivity index (χ3n) is 4.33. The van der Waals surface area contributed by atoms with Crippen molar-refractivity contribution < 1.29 is 9.59 Å². The minimum atomic E-state index is -0.101. The Morgan fingerprint density at radius 3 is 2.21 bits per heavy atom. The molecular weight excluding hydrogens is 366 g/mol. The molecule has 2 aromatic carbocycles. The Bertz CT molecular complexity index is 847. The van der Waals surface area contributed by atoms with Gasteiger partial charge >= 0.3 is 0 Å². The van der Waals surface area contributed by atoms with Crippen molar-refractivity contribution >= 4 is 17.8 Å². The van der Waals surface area contributed by atoms with Crippen LogP contribution >= 0.6 is 0 Å². The molecule has 2 aromatic rings. The Balaban J connectivity index is 1.92. The third-order valence-corrected chi connectivity index (χ3v) is 4.33. The van der Waals surface area contributed by atoms with Crippen LogP contribution in [0.5, 0.6) is 0 Å². The number of amides is 2. The van der Waals surface area contributed by atoms with E-state index in [0.29, 0.717) is 24.2 Å². The van der Waals surface area contributed by atoms with Crippen LogP contribution in [0.3, 0.4) is 0 Å². The predicted octanol–water partition coefficient (Wildman–Crippen LogP) is 1.70. The quantitative estimate of drug-likeness (QED) is 0.404.